The fraction of sp³-hybridized carbons (Fsp3) is 0.450. The van der Waals surface area contributed by atoms with Crippen LogP contribution >= 0.6 is 12.4 Å². The molecule has 2 aliphatic heterocycles. The van der Waals surface area contributed by atoms with Gasteiger partial charge in [-0.05, 0) is 30.9 Å². The van der Waals surface area contributed by atoms with Crippen molar-refractivity contribution in [1.82, 2.24) is 25.0 Å². The van der Waals surface area contributed by atoms with Gasteiger partial charge >= 0.3 is 0 Å². The Morgan fingerprint density at radius 2 is 1.86 bits per heavy atom. The predicted octanol–water partition coefficient (Wildman–Crippen LogP) is 1.49. The Hall–Kier alpha value is -2.22. The van der Waals surface area contributed by atoms with Gasteiger partial charge in [0.15, 0.2) is 5.82 Å². The molecule has 1 aromatic carbocycles. The molecule has 1 atom stereocenters. The lowest BCUT2D eigenvalue weighted by Gasteiger charge is -2.33. The van der Waals surface area contributed by atoms with Crippen molar-refractivity contribution in [3.05, 3.63) is 54.1 Å². The Kier molecular flexibility index (Phi) is 6.83. The second kappa shape index (κ2) is 9.32. The summed E-state index contributed by atoms with van der Waals surface area (Å²) in [7, 11) is 0. The van der Waals surface area contributed by atoms with Gasteiger partial charge in [-0.25, -0.2) is 0 Å². The first-order chi connectivity index (χ1) is 13.3. The third-order valence-electron chi connectivity index (χ3n) is 5.40. The van der Waals surface area contributed by atoms with Crippen LogP contribution < -0.4 is 5.32 Å². The smallest absolute Gasteiger partial charge is 0.243 e. The Balaban J connectivity index is 0.00000225. The van der Waals surface area contributed by atoms with E-state index < -0.39 is 0 Å². The molecular formula is C20H26ClN5O2. The normalized spacial score (nSPS) is 19.6. The summed E-state index contributed by atoms with van der Waals surface area (Å²) in [5, 5.41) is 21.3. The lowest BCUT2D eigenvalue weighted by atomic mass is 9.92. The number of benzene rings is 1. The highest BCUT2D eigenvalue weighted by molar-refractivity contribution is 5.85. The number of nitrogens with one attached hydrogen (secondary N) is 1. The van der Waals surface area contributed by atoms with Crippen LogP contribution in [-0.4, -0.2) is 56.4 Å². The van der Waals surface area contributed by atoms with Gasteiger partial charge in [0.05, 0.1) is 0 Å². The minimum Gasteiger partial charge on any atom is -0.388 e. The second-order valence-electron chi connectivity index (χ2n) is 7.15. The van der Waals surface area contributed by atoms with Crippen LogP contribution in [0.2, 0.25) is 0 Å². The van der Waals surface area contributed by atoms with E-state index >= 15 is 0 Å². The molecule has 2 aliphatic rings. The summed E-state index contributed by atoms with van der Waals surface area (Å²) >= 11 is 0. The van der Waals surface area contributed by atoms with E-state index in [0.717, 1.165) is 50.4 Å². The number of amides is 1. The molecule has 28 heavy (non-hydrogen) atoms. The third kappa shape index (κ3) is 4.27. The molecule has 0 spiro atoms. The van der Waals surface area contributed by atoms with Crippen molar-refractivity contribution in [1.29, 1.82) is 0 Å². The first-order valence-corrected chi connectivity index (χ1v) is 9.54. The molecule has 7 nitrogen and oxygen atoms in total. The van der Waals surface area contributed by atoms with Gasteiger partial charge in [0.2, 0.25) is 5.91 Å². The minimum absolute atomic E-state index is 0. The summed E-state index contributed by atoms with van der Waals surface area (Å²) in [5.41, 5.74) is 0.966. The average Bonchev–Trinajstić information content (AvgIpc) is 3.39. The van der Waals surface area contributed by atoms with Crippen LogP contribution in [-0.2, 0) is 17.8 Å². The number of likely N-dealkylation sites (tertiary alicyclic amines) is 1. The maximum absolute atomic E-state index is 12.5. The predicted molar refractivity (Wildman–Crippen MR) is 108 cm³/mol. The Morgan fingerprint density at radius 1 is 1.14 bits per heavy atom. The standard InChI is InChI=1S/C20H25N5O2.ClH/c26-14-19-23-22-18(25(19)16-5-2-1-3-6-16)13-15-8-11-24(12-9-15)20(27)17-7-4-10-21-17;/h1-7,15,17,21,26H,8-14H2;1H. The van der Waals surface area contributed by atoms with Crippen LogP contribution in [0.25, 0.3) is 5.69 Å². The van der Waals surface area contributed by atoms with E-state index in [-0.39, 0.29) is 31.0 Å². The van der Waals surface area contributed by atoms with E-state index in [2.05, 4.69) is 15.5 Å². The Bertz CT molecular complexity index is 815. The van der Waals surface area contributed by atoms with Crippen LogP contribution in [0.1, 0.15) is 24.5 Å². The van der Waals surface area contributed by atoms with Crippen LogP contribution in [0, 0.1) is 5.92 Å². The molecule has 1 fully saturated rings. The zero-order chi connectivity index (χ0) is 18.6. The lowest BCUT2D eigenvalue weighted by Crippen LogP contribution is -2.47. The van der Waals surface area contributed by atoms with Crippen molar-refractivity contribution < 1.29 is 9.90 Å². The summed E-state index contributed by atoms with van der Waals surface area (Å²) in [6.07, 6.45) is 6.67. The lowest BCUT2D eigenvalue weighted by molar-refractivity contribution is -0.133. The summed E-state index contributed by atoms with van der Waals surface area (Å²) in [5.74, 6) is 2.06. The molecular weight excluding hydrogens is 378 g/mol. The monoisotopic (exact) mass is 403 g/mol. The van der Waals surface area contributed by atoms with Crippen LogP contribution in [0.15, 0.2) is 42.5 Å². The molecule has 1 aromatic heterocycles. The van der Waals surface area contributed by atoms with Gasteiger partial charge in [0, 0.05) is 31.7 Å². The Labute approximate surface area is 170 Å². The zero-order valence-corrected chi connectivity index (χ0v) is 16.5. The number of aliphatic hydroxyl groups is 1. The summed E-state index contributed by atoms with van der Waals surface area (Å²) < 4.78 is 1.95. The largest absolute Gasteiger partial charge is 0.388 e. The highest BCUT2D eigenvalue weighted by Crippen LogP contribution is 2.24. The fourth-order valence-electron chi connectivity index (χ4n) is 3.91. The third-order valence-corrected chi connectivity index (χ3v) is 5.40. The van der Waals surface area contributed by atoms with Gasteiger partial charge in [-0.15, -0.1) is 22.6 Å². The van der Waals surface area contributed by atoms with Gasteiger partial charge in [0.1, 0.15) is 18.5 Å². The minimum atomic E-state index is -0.158. The van der Waals surface area contributed by atoms with Crippen molar-refractivity contribution in [3.63, 3.8) is 0 Å². The molecule has 0 saturated carbocycles. The van der Waals surface area contributed by atoms with E-state index in [9.17, 15) is 9.90 Å². The van der Waals surface area contributed by atoms with Crippen molar-refractivity contribution in [3.8, 4) is 5.69 Å². The van der Waals surface area contributed by atoms with Gasteiger partial charge < -0.3 is 10.0 Å². The maximum Gasteiger partial charge on any atom is 0.243 e. The number of aromatic nitrogens is 3. The van der Waals surface area contributed by atoms with Gasteiger partial charge in [-0.3, -0.25) is 14.7 Å². The molecule has 0 aliphatic carbocycles. The van der Waals surface area contributed by atoms with Gasteiger partial charge in [-0.2, -0.15) is 0 Å². The molecule has 150 valence electrons. The molecule has 8 heteroatoms. The molecule has 2 aromatic rings. The van der Waals surface area contributed by atoms with E-state index in [0.29, 0.717) is 11.7 Å². The van der Waals surface area contributed by atoms with E-state index in [1.54, 1.807) is 0 Å². The summed E-state index contributed by atoms with van der Waals surface area (Å²) in [6, 6.07) is 9.74. The number of para-hydroxylation sites is 1. The molecule has 1 saturated heterocycles. The number of piperidine rings is 1. The zero-order valence-electron chi connectivity index (χ0n) is 15.7. The Morgan fingerprint density at radius 3 is 2.50 bits per heavy atom. The highest BCUT2D eigenvalue weighted by atomic mass is 35.5. The second-order valence-corrected chi connectivity index (χ2v) is 7.15. The van der Waals surface area contributed by atoms with Gasteiger partial charge in [-0.1, -0.05) is 30.4 Å². The number of hydrogen-bond acceptors (Lipinski definition) is 5. The molecule has 0 bridgehead atoms. The topological polar surface area (TPSA) is 83.3 Å². The highest BCUT2D eigenvalue weighted by Gasteiger charge is 2.29. The molecule has 1 unspecified atom stereocenters. The van der Waals surface area contributed by atoms with Crippen LogP contribution in [0.3, 0.4) is 0 Å². The number of aliphatic hydroxyl groups excluding tert-OH is 1. The number of hydrogen-bond donors (Lipinski definition) is 2. The molecule has 1 amide bonds. The average molecular weight is 404 g/mol. The quantitative estimate of drug-likeness (QED) is 0.739. The van der Waals surface area contributed by atoms with E-state index in [1.165, 1.54) is 0 Å². The van der Waals surface area contributed by atoms with Crippen LogP contribution in [0.5, 0.6) is 0 Å². The number of rotatable bonds is 5. The van der Waals surface area contributed by atoms with E-state index in [4.69, 9.17) is 0 Å². The van der Waals surface area contributed by atoms with Crippen LogP contribution in [0.4, 0.5) is 0 Å². The number of carbonyl (C=O) groups is 1. The SMILES string of the molecule is Cl.O=C(C1C=CCN1)N1CCC(Cc2nnc(CO)n2-c2ccccc2)CC1. The van der Waals surface area contributed by atoms with Crippen molar-refractivity contribution in [2.24, 2.45) is 5.92 Å². The van der Waals surface area contributed by atoms with E-state index in [1.807, 2.05) is 52.0 Å². The van der Waals surface area contributed by atoms with Gasteiger partial charge in [0.25, 0.3) is 0 Å². The molecule has 2 N–H and O–H groups in total. The van der Waals surface area contributed by atoms with Crippen molar-refractivity contribution in [2.75, 3.05) is 19.6 Å². The molecule has 3 heterocycles. The number of nitrogens with zero attached hydrogens (tertiary/aromatic N) is 4. The first kappa shape index (κ1) is 20.5. The molecule has 0 radical (unpaired) electrons. The first-order valence-electron chi connectivity index (χ1n) is 9.54. The maximum atomic E-state index is 12.5. The summed E-state index contributed by atoms with van der Waals surface area (Å²) in [4.78, 5) is 14.5. The van der Waals surface area contributed by atoms with Crippen molar-refractivity contribution in [2.45, 2.75) is 31.9 Å². The number of halogens is 1. The fourth-order valence-corrected chi connectivity index (χ4v) is 3.91. The van der Waals surface area contributed by atoms with Crippen molar-refractivity contribution >= 4 is 18.3 Å². The number of carbonyl (C=O) groups excluding carboxylic acids is 1. The molecule has 4 rings (SSSR count). The summed E-state index contributed by atoms with van der Waals surface area (Å²) in [6.45, 7) is 2.19.